The predicted molar refractivity (Wildman–Crippen MR) is 64.8 cm³/mol. The summed E-state index contributed by atoms with van der Waals surface area (Å²) in [6.07, 6.45) is 0. The highest BCUT2D eigenvalue weighted by Crippen LogP contribution is 2.30. The molecule has 0 spiro atoms. The van der Waals surface area contributed by atoms with Gasteiger partial charge in [0.2, 0.25) is 0 Å². The number of nitrogens with zero attached hydrogens (tertiary/aromatic N) is 1. The normalized spacial score (nSPS) is 10.3. The number of hydrogen-bond acceptors (Lipinski definition) is 2. The zero-order valence-corrected chi connectivity index (χ0v) is 9.32. The van der Waals surface area contributed by atoms with E-state index in [0.29, 0.717) is 0 Å². The van der Waals surface area contributed by atoms with Crippen molar-refractivity contribution in [2.24, 2.45) is 0 Å². The Morgan fingerprint density at radius 3 is 2.47 bits per heavy atom. The van der Waals surface area contributed by atoms with Gasteiger partial charge in [-0.25, -0.2) is 0 Å². The van der Waals surface area contributed by atoms with Gasteiger partial charge in [-0.1, -0.05) is 24.3 Å². The van der Waals surface area contributed by atoms with Gasteiger partial charge in [-0.2, -0.15) is 0 Å². The van der Waals surface area contributed by atoms with Crippen molar-refractivity contribution in [1.29, 1.82) is 0 Å². The quantitative estimate of drug-likeness (QED) is 0.740. The van der Waals surface area contributed by atoms with Crippen molar-refractivity contribution in [2.75, 3.05) is 26.1 Å². The molecule has 2 rings (SSSR count). The van der Waals surface area contributed by atoms with Crippen LogP contribution in [0.2, 0.25) is 0 Å². The van der Waals surface area contributed by atoms with E-state index in [1.807, 2.05) is 20.2 Å². The maximum absolute atomic E-state index is 5.29. The van der Waals surface area contributed by atoms with Crippen molar-refractivity contribution >= 4 is 16.5 Å². The van der Waals surface area contributed by atoms with Gasteiger partial charge in [0, 0.05) is 31.2 Å². The van der Waals surface area contributed by atoms with Crippen molar-refractivity contribution in [2.45, 2.75) is 0 Å². The second-order valence-corrected chi connectivity index (χ2v) is 3.76. The Balaban J connectivity index is 2.74. The fraction of sp³-hybridized carbons (Fsp3) is 0.231. The molecular weight excluding hydrogens is 186 g/mol. The lowest BCUT2D eigenvalue weighted by Gasteiger charge is -2.16. The molecule has 0 radical (unpaired) electrons. The number of fused-ring (bicyclic) bond motifs is 1. The highest BCUT2D eigenvalue weighted by Gasteiger charge is 2.05. The van der Waals surface area contributed by atoms with E-state index in [9.17, 15) is 0 Å². The minimum Gasteiger partial charge on any atom is -0.497 e. The van der Waals surface area contributed by atoms with Crippen molar-refractivity contribution in [1.82, 2.24) is 0 Å². The van der Waals surface area contributed by atoms with Gasteiger partial charge in [-0.3, -0.25) is 0 Å². The molecule has 0 unspecified atom stereocenters. The van der Waals surface area contributed by atoms with Gasteiger partial charge < -0.3 is 9.64 Å². The first-order chi connectivity index (χ1) is 7.22. The van der Waals surface area contributed by atoms with Crippen LogP contribution in [0.3, 0.4) is 0 Å². The van der Waals surface area contributed by atoms with E-state index in [1.165, 1.54) is 16.5 Å². The third-order valence-electron chi connectivity index (χ3n) is 2.53. The van der Waals surface area contributed by atoms with Gasteiger partial charge >= 0.3 is 0 Å². The van der Waals surface area contributed by atoms with E-state index < -0.39 is 0 Å². The molecule has 0 amide bonds. The highest BCUT2D eigenvalue weighted by molar-refractivity contribution is 5.95. The summed E-state index contributed by atoms with van der Waals surface area (Å²) in [4.78, 5) is 2.10. The second-order valence-electron chi connectivity index (χ2n) is 3.76. The maximum atomic E-state index is 5.29. The van der Waals surface area contributed by atoms with Gasteiger partial charge in [0.1, 0.15) is 5.75 Å². The molecule has 0 atom stereocenters. The summed E-state index contributed by atoms with van der Waals surface area (Å²) in [5.41, 5.74) is 1.19. The smallest absolute Gasteiger partial charge is 0.121 e. The zero-order valence-electron chi connectivity index (χ0n) is 9.32. The first kappa shape index (κ1) is 9.84. The molecule has 2 aromatic carbocycles. The number of rotatable bonds is 2. The molecule has 0 saturated carbocycles. The fourth-order valence-electron chi connectivity index (χ4n) is 1.75. The Labute approximate surface area is 90.1 Å². The van der Waals surface area contributed by atoms with E-state index >= 15 is 0 Å². The number of benzene rings is 2. The maximum Gasteiger partial charge on any atom is 0.121 e. The Morgan fingerprint density at radius 2 is 1.80 bits per heavy atom. The Morgan fingerprint density at radius 1 is 1.07 bits per heavy atom. The molecule has 0 heterocycles. The van der Waals surface area contributed by atoms with Crippen LogP contribution in [0.5, 0.6) is 5.75 Å². The van der Waals surface area contributed by atoms with Crippen molar-refractivity contribution in [3.63, 3.8) is 0 Å². The Bertz CT molecular complexity index is 477. The Hall–Kier alpha value is -1.70. The number of anilines is 1. The van der Waals surface area contributed by atoms with Crippen LogP contribution in [0.1, 0.15) is 0 Å². The third kappa shape index (κ3) is 1.75. The molecule has 2 heteroatoms. The van der Waals surface area contributed by atoms with Crippen LogP contribution in [0.25, 0.3) is 10.8 Å². The van der Waals surface area contributed by atoms with Crippen LogP contribution in [0.4, 0.5) is 5.69 Å². The topological polar surface area (TPSA) is 12.5 Å². The van der Waals surface area contributed by atoms with Crippen LogP contribution < -0.4 is 9.64 Å². The van der Waals surface area contributed by atoms with E-state index in [1.54, 1.807) is 7.11 Å². The molecule has 0 aliphatic heterocycles. The minimum absolute atomic E-state index is 0.900. The molecule has 2 aromatic rings. The van der Waals surface area contributed by atoms with Gasteiger partial charge in [0.25, 0.3) is 0 Å². The standard InChI is InChI=1S/C13H15NO/c1-14(2)13-9-11(15-3)8-10-6-4-5-7-12(10)13/h4-9H,1-3H3. The molecule has 0 saturated heterocycles. The van der Waals surface area contributed by atoms with Crippen LogP contribution in [-0.4, -0.2) is 21.2 Å². The number of methoxy groups -OCH3 is 1. The zero-order chi connectivity index (χ0) is 10.8. The Kier molecular flexibility index (Phi) is 2.50. The fourth-order valence-corrected chi connectivity index (χ4v) is 1.75. The molecule has 78 valence electrons. The van der Waals surface area contributed by atoms with E-state index in [0.717, 1.165) is 5.75 Å². The van der Waals surface area contributed by atoms with Crippen LogP contribution in [-0.2, 0) is 0 Å². The number of ether oxygens (including phenoxy) is 1. The van der Waals surface area contributed by atoms with E-state index in [4.69, 9.17) is 4.74 Å². The molecule has 15 heavy (non-hydrogen) atoms. The van der Waals surface area contributed by atoms with Gasteiger partial charge in [0.05, 0.1) is 7.11 Å². The third-order valence-corrected chi connectivity index (χ3v) is 2.53. The first-order valence-electron chi connectivity index (χ1n) is 4.96. The summed E-state index contributed by atoms with van der Waals surface area (Å²) < 4.78 is 5.29. The molecule has 0 aliphatic carbocycles. The van der Waals surface area contributed by atoms with E-state index in [-0.39, 0.29) is 0 Å². The molecule has 0 fully saturated rings. The molecule has 0 aliphatic rings. The molecular formula is C13H15NO. The summed E-state index contributed by atoms with van der Waals surface area (Å²) in [6.45, 7) is 0. The summed E-state index contributed by atoms with van der Waals surface area (Å²) in [5, 5.41) is 2.46. The largest absolute Gasteiger partial charge is 0.497 e. The highest BCUT2D eigenvalue weighted by atomic mass is 16.5. The van der Waals surface area contributed by atoms with Crippen LogP contribution >= 0.6 is 0 Å². The molecule has 0 aromatic heterocycles. The summed E-state index contributed by atoms with van der Waals surface area (Å²) >= 11 is 0. The average molecular weight is 201 g/mol. The summed E-state index contributed by atoms with van der Waals surface area (Å²) in [7, 11) is 5.78. The molecule has 0 bridgehead atoms. The van der Waals surface area contributed by atoms with E-state index in [2.05, 4.69) is 35.2 Å². The monoisotopic (exact) mass is 201 g/mol. The van der Waals surface area contributed by atoms with Gasteiger partial charge in [-0.15, -0.1) is 0 Å². The molecule has 2 nitrogen and oxygen atoms in total. The van der Waals surface area contributed by atoms with Crippen LogP contribution in [0.15, 0.2) is 36.4 Å². The summed E-state index contributed by atoms with van der Waals surface area (Å²) in [6, 6.07) is 12.4. The second kappa shape index (κ2) is 3.81. The lowest BCUT2D eigenvalue weighted by atomic mass is 10.1. The van der Waals surface area contributed by atoms with Crippen molar-refractivity contribution < 1.29 is 4.74 Å². The van der Waals surface area contributed by atoms with Gasteiger partial charge in [-0.05, 0) is 11.5 Å². The van der Waals surface area contributed by atoms with Crippen LogP contribution in [0, 0.1) is 0 Å². The predicted octanol–water partition coefficient (Wildman–Crippen LogP) is 2.91. The minimum atomic E-state index is 0.900. The molecule has 0 N–H and O–H groups in total. The summed E-state index contributed by atoms with van der Waals surface area (Å²) in [5.74, 6) is 0.900. The first-order valence-corrected chi connectivity index (χ1v) is 4.96. The van der Waals surface area contributed by atoms with Crippen molar-refractivity contribution in [3.8, 4) is 5.75 Å². The van der Waals surface area contributed by atoms with Gasteiger partial charge in [0.15, 0.2) is 0 Å². The lowest BCUT2D eigenvalue weighted by molar-refractivity contribution is 0.415. The SMILES string of the molecule is COc1cc(N(C)C)c2ccccc2c1. The van der Waals surface area contributed by atoms with Crippen molar-refractivity contribution in [3.05, 3.63) is 36.4 Å². The average Bonchev–Trinajstić information content (AvgIpc) is 2.27. The number of hydrogen-bond donors (Lipinski definition) is 0. The lowest BCUT2D eigenvalue weighted by Crippen LogP contribution is -2.09.